The van der Waals surface area contributed by atoms with E-state index in [9.17, 15) is 10.1 Å². The van der Waals surface area contributed by atoms with Gasteiger partial charge in [0.25, 0.3) is 0 Å². The number of rotatable bonds is 9. The molecule has 2 rings (SSSR count). The van der Waals surface area contributed by atoms with Crippen LogP contribution in [-0.4, -0.2) is 31.8 Å². The van der Waals surface area contributed by atoms with Gasteiger partial charge in [-0.1, -0.05) is 6.07 Å². The van der Waals surface area contributed by atoms with E-state index in [-0.39, 0.29) is 5.69 Å². The molecule has 0 unspecified atom stereocenters. The van der Waals surface area contributed by atoms with Gasteiger partial charge in [-0.25, -0.2) is 0 Å². The van der Waals surface area contributed by atoms with E-state index >= 15 is 0 Å². The molecule has 20 heavy (non-hydrogen) atoms. The molecule has 6 nitrogen and oxygen atoms in total. The number of hydrogen-bond acceptors (Lipinski definition) is 5. The smallest absolute Gasteiger partial charge is 0.310 e. The molecule has 1 saturated carbocycles. The fourth-order valence-electron chi connectivity index (χ4n) is 1.83. The minimum atomic E-state index is -0.398. The van der Waals surface area contributed by atoms with Crippen LogP contribution in [0.15, 0.2) is 18.2 Å². The highest BCUT2D eigenvalue weighted by Gasteiger charge is 2.24. The molecule has 1 aromatic rings. The largest absolute Gasteiger partial charge is 0.487 e. The molecule has 1 fully saturated rings. The molecule has 0 bridgehead atoms. The van der Waals surface area contributed by atoms with Crippen LogP contribution in [0.5, 0.6) is 5.75 Å². The number of methoxy groups -OCH3 is 1. The lowest BCUT2D eigenvalue weighted by Crippen LogP contribution is -2.18. The molecule has 0 amide bonds. The van der Waals surface area contributed by atoms with Crippen molar-refractivity contribution < 1.29 is 14.4 Å². The van der Waals surface area contributed by atoms with Gasteiger partial charge in [0.15, 0.2) is 5.75 Å². The van der Waals surface area contributed by atoms with Gasteiger partial charge in [0.2, 0.25) is 0 Å². The summed E-state index contributed by atoms with van der Waals surface area (Å²) >= 11 is 0. The van der Waals surface area contributed by atoms with Gasteiger partial charge in [-0.3, -0.25) is 10.1 Å². The second kappa shape index (κ2) is 7.21. The molecule has 0 spiro atoms. The van der Waals surface area contributed by atoms with Crippen LogP contribution in [0.3, 0.4) is 0 Å². The van der Waals surface area contributed by atoms with Gasteiger partial charge in [0, 0.05) is 26.3 Å². The van der Waals surface area contributed by atoms with Gasteiger partial charge in [-0.05, 0) is 30.4 Å². The first kappa shape index (κ1) is 14.7. The van der Waals surface area contributed by atoms with E-state index < -0.39 is 4.92 Å². The van der Waals surface area contributed by atoms with Crippen LogP contribution >= 0.6 is 0 Å². The van der Waals surface area contributed by atoms with Gasteiger partial charge >= 0.3 is 5.69 Å². The lowest BCUT2D eigenvalue weighted by Gasteiger charge is -2.09. The Morgan fingerprint density at radius 3 is 2.90 bits per heavy atom. The van der Waals surface area contributed by atoms with Crippen molar-refractivity contribution in [3.8, 4) is 5.75 Å². The Hall–Kier alpha value is -1.66. The highest BCUT2D eigenvalue weighted by Crippen LogP contribution is 2.33. The summed E-state index contributed by atoms with van der Waals surface area (Å²) in [6, 6.07) is 5.01. The van der Waals surface area contributed by atoms with Crippen LogP contribution in [0.1, 0.15) is 18.4 Å². The molecular weight excluding hydrogens is 260 g/mol. The van der Waals surface area contributed by atoms with Crippen molar-refractivity contribution in [2.24, 2.45) is 5.92 Å². The van der Waals surface area contributed by atoms with Crippen molar-refractivity contribution >= 4 is 5.69 Å². The standard InChI is InChI=1S/C14H20N2O4/c1-19-7-6-15-9-12-4-5-13(16(17)18)14(8-12)20-10-11-2-3-11/h4-5,8,11,15H,2-3,6-7,9-10H2,1H3. The van der Waals surface area contributed by atoms with Crippen molar-refractivity contribution in [1.82, 2.24) is 5.32 Å². The predicted octanol–water partition coefficient (Wildman–Crippen LogP) is 2.12. The molecule has 1 aliphatic carbocycles. The zero-order valence-electron chi connectivity index (χ0n) is 11.6. The third kappa shape index (κ3) is 4.47. The van der Waals surface area contributed by atoms with Gasteiger partial charge in [0.1, 0.15) is 0 Å². The topological polar surface area (TPSA) is 73.6 Å². The summed E-state index contributed by atoms with van der Waals surface area (Å²) in [5, 5.41) is 14.2. The predicted molar refractivity (Wildman–Crippen MR) is 74.9 cm³/mol. The Morgan fingerprint density at radius 1 is 1.45 bits per heavy atom. The van der Waals surface area contributed by atoms with Gasteiger partial charge in [-0.15, -0.1) is 0 Å². The van der Waals surface area contributed by atoms with Crippen LogP contribution in [0, 0.1) is 16.0 Å². The zero-order chi connectivity index (χ0) is 14.4. The van der Waals surface area contributed by atoms with E-state index in [0.717, 1.165) is 24.9 Å². The maximum Gasteiger partial charge on any atom is 0.310 e. The molecule has 0 saturated heterocycles. The number of nitro benzene ring substituents is 1. The highest BCUT2D eigenvalue weighted by atomic mass is 16.6. The van der Waals surface area contributed by atoms with E-state index in [4.69, 9.17) is 9.47 Å². The average molecular weight is 280 g/mol. The SMILES string of the molecule is COCCNCc1ccc([N+](=O)[O-])c(OCC2CC2)c1. The fraction of sp³-hybridized carbons (Fsp3) is 0.571. The van der Waals surface area contributed by atoms with Gasteiger partial charge in [0.05, 0.1) is 18.1 Å². The highest BCUT2D eigenvalue weighted by molar-refractivity contribution is 5.48. The maximum atomic E-state index is 11.0. The maximum absolute atomic E-state index is 11.0. The summed E-state index contributed by atoms with van der Waals surface area (Å²) in [5.41, 5.74) is 1.00. The monoisotopic (exact) mass is 280 g/mol. The lowest BCUT2D eigenvalue weighted by molar-refractivity contribution is -0.385. The number of ether oxygens (including phenoxy) is 2. The average Bonchev–Trinajstić information content (AvgIpc) is 3.25. The van der Waals surface area contributed by atoms with Crippen molar-refractivity contribution in [2.45, 2.75) is 19.4 Å². The van der Waals surface area contributed by atoms with Crippen LogP contribution in [-0.2, 0) is 11.3 Å². The van der Waals surface area contributed by atoms with E-state index in [0.29, 0.717) is 31.4 Å². The summed E-state index contributed by atoms with van der Waals surface area (Å²) in [6.45, 7) is 2.59. The van der Waals surface area contributed by atoms with Crippen LogP contribution in [0.4, 0.5) is 5.69 Å². The van der Waals surface area contributed by atoms with Crippen molar-refractivity contribution in [2.75, 3.05) is 26.9 Å². The van der Waals surface area contributed by atoms with Crippen LogP contribution in [0.25, 0.3) is 0 Å². The minimum Gasteiger partial charge on any atom is -0.487 e. The zero-order valence-corrected chi connectivity index (χ0v) is 11.6. The number of benzene rings is 1. The lowest BCUT2D eigenvalue weighted by atomic mass is 10.2. The molecule has 0 atom stereocenters. The second-order valence-electron chi connectivity index (χ2n) is 4.98. The summed E-state index contributed by atoms with van der Waals surface area (Å²) in [4.78, 5) is 10.6. The summed E-state index contributed by atoms with van der Waals surface area (Å²) < 4.78 is 10.5. The van der Waals surface area contributed by atoms with Crippen molar-refractivity contribution in [3.05, 3.63) is 33.9 Å². The van der Waals surface area contributed by atoms with Gasteiger partial charge < -0.3 is 14.8 Å². The van der Waals surface area contributed by atoms with E-state index in [1.54, 1.807) is 19.2 Å². The summed E-state index contributed by atoms with van der Waals surface area (Å²) in [7, 11) is 1.65. The summed E-state index contributed by atoms with van der Waals surface area (Å²) in [5.74, 6) is 0.936. The second-order valence-corrected chi connectivity index (χ2v) is 4.98. The molecule has 0 aromatic heterocycles. The molecule has 110 valence electrons. The molecule has 1 N–H and O–H groups in total. The quantitative estimate of drug-likeness (QED) is 0.426. The molecule has 1 aliphatic rings. The Kier molecular flexibility index (Phi) is 5.31. The Morgan fingerprint density at radius 2 is 2.25 bits per heavy atom. The Labute approximate surface area is 118 Å². The first-order valence-corrected chi connectivity index (χ1v) is 6.80. The van der Waals surface area contributed by atoms with Gasteiger partial charge in [-0.2, -0.15) is 0 Å². The first-order valence-electron chi connectivity index (χ1n) is 6.80. The summed E-state index contributed by atoms with van der Waals surface area (Å²) in [6.07, 6.45) is 2.32. The number of nitrogens with one attached hydrogen (secondary N) is 1. The van der Waals surface area contributed by atoms with Crippen LogP contribution in [0.2, 0.25) is 0 Å². The normalized spacial score (nSPS) is 14.2. The Balaban J connectivity index is 1.98. The molecule has 0 heterocycles. The van der Waals surface area contributed by atoms with Crippen molar-refractivity contribution in [3.63, 3.8) is 0 Å². The number of nitro groups is 1. The van der Waals surface area contributed by atoms with Crippen LogP contribution < -0.4 is 10.1 Å². The first-order chi connectivity index (χ1) is 9.70. The van der Waals surface area contributed by atoms with E-state index in [1.165, 1.54) is 6.07 Å². The third-order valence-corrected chi connectivity index (χ3v) is 3.20. The molecule has 1 aromatic carbocycles. The fourth-order valence-corrected chi connectivity index (χ4v) is 1.83. The van der Waals surface area contributed by atoms with E-state index in [2.05, 4.69) is 5.32 Å². The number of nitrogens with zero attached hydrogens (tertiary/aromatic N) is 1. The van der Waals surface area contributed by atoms with Crippen molar-refractivity contribution in [1.29, 1.82) is 0 Å². The number of hydrogen-bond donors (Lipinski definition) is 1. The minimum absolute atomic E-state index is 0.0336. The molecule has 0 aliphatic heterocycles. The molecule has 6 heteroatoms. The molecular formula is C14H20N2O4. The Bertz CT molecular complexity index is 460. The third-order valence-electron chi connectivity index (χ3n) is 3.20. The van der Waals surface area contributed by atoms with E-state index in [1.807, 2.05) is 0 Å². The molecule has 0 radical (unpaired) electrons.